The molecule has 6 aromatic rings. The first-order chi connectivity index (χ1) is 37.2. The predicted molar refractivity (Wildman–Crippen MR) is 291 cm³/mol. The van der Waals surface area contributed by atoms with Gasteiger partial charge >= 0.3 is 10.2 Å². The Labute approximate surface area is 454 Å². The fourth-order valence-corrected chi connectivity index (χ4v) is 12.9. The van der Waals surface area contributed by atoms with Crippen LogP contribution >= 0.6 is 11.3 Å². The molecule has 23 heteroatoms. The van der Waals surface area contributed by atoms with E-state index in [0.29, 0.717) is 44.8 Å². The molecule has 4 aliphatic heterocycles. The lowest BCUT2D eigenvalue weighted by atomic mass is 9.85. The van der Waals surface area contributed by atoms with Crippen LogP contribution in [0.2, 0.25) is 0 Å². The van der Waals surface area contributed by atoms with E-state index < -0.39 is 69.1 Å². The number of aliphatic hydroxyl groups excluding tert-OH is 1. The van der Waals surface area contributed by atoms with Crippen molar-refractivity contribution in [3.63, 3.8) is 0 Å². The van der Waals surface area contributed by atoms with E-state index in [4.69, 9.17) is 0 Å². The van der Waals surface area contributed by atoms with Crippen molar-refractivity contribution in [2.75, 3.05) is 75.1 Å². The van der Waals surface area contributed by atoms with Crippen molar-refractivity contribution in [3.8, 4) is 21.6 Å². The summed E-state index contributed by atoms with van der Waals surface area (Å²) in [5.74, 6) is -3.96. The summed E-state index contributed by atoms with van der Waals surface area (Å²) in [6.07, 6.45) is -2.08. The number of H-pyrrole nitrogens is 1. The molecule has 0 spiro atoms. The molecule has 78 heavy (non-hydrogen) atoms. The molecule has 4 saturated heterocycles. The summed E-state index contributed by atoms with van der Waals surface area (Å²) in [6.45, 7) is 11.5. The molecule has 4 fully saturated rings. The highest BCUT2D eigenvalue weighted by molar-refractivity contribution is 7.90. The van der Waals surface area contributed by atoms with E-state index in [9.17, 15) is 37.1 Å². The zero-order valence-electron chi connectivity index (χ0n) is 43.6. The molecule has 3 amide bonds. The summed E-state index contributed by atoms with van der Waals surface area (Å²) in [5, 5.41) is 16.6. The van der Waals surface area contributed by atoms with E-state index >= 15 is 8.78 Å². The van der Waals surface area contributed by atoms with Crippen molar-refractivity contribution in [2.45, 2.75) is 77.5 Å². The SMILES string of the molecule is Cc1ncsc1-c1ccc(CNC(=O)[C@@H]2C[C@@H](O)CN2C(=O)C(NC(=O)CN2CC(N3CCN(c4cccc(-c5cc6c(C(=O)c7ccccc7NS(=O)(=O)N7CC[C@@H](F)C7)c(F)[nH]c6nc5F)c4)CC3)C2)C(C)(C)C)cc1. The topological polar surface area (TPSA) is 217 Å². The first kappa shape index (κ1) is 54.6. The standard InChI is InChI=1S/C55H62F3N11O7S2/c1-32-48(77-31-60-32)34-14-12-33(13-15-34)25-59-53(73)44-23-39(70)29-69(44)54(74)49(55(2,3)4)61-45(71)30-65-27-38(28-65)67-20-18-66(19-21-67)37-9-7-8-35(22-37)41-24-42-46(51(58)63-52(42)62-50(41)57)47(72)40-10-5-6-11-43(40)64-78(75,76)68-17-16-36(56)26-68/h5-15,22,24,31,36,38-39,44,49,64,70H,16-21,23,25-30H2,1-4H3,(H,59,73)(H,61,71)(H,62,63)/t36-,39-,44+,49?/m1/s1. The number of rotatable bonds is 16. The quantitative estimate of drug-likeness (QED) is 0.0602. The highest BCUT2D eigenvalue weighted by Crippen LogP contribution is 2.35. The molecular weight excluding hydrogens is 1050 g/mol. The van der Waals surface area contributed by atoms with Crippen LogP contribution < -0.4 is 20.3 Å². The van der Waals surface area contributed by atoms with Crippen LogP contribution in [0.4, 0.5) is 24.5 Å². The summed E-state index contributed by atoms with van der Waals surface area (Å²) in [5.41, 5.74) is 4.29. The second kappa shape index (κ2) is 22.2. The predicted octanol–water partition coefficient (Wildman–Crippen LogP) is 5.49. The number of fused-ring (bicyclic) bond motifs is 1. The second-order valence-corrected chi connectivity index (χ2v) is 24.2. The molecule has 1 unspecified atom stereocenters. The van der Waals surface area contributed by atoms with Crippen molar-refractivity contribution in [3.05, 3.63) is 119 Å². The van der Waals surface area contributed by atoms with Gasteiger partial charge in [0, 0.05) is 100 Å². The molecule has 3 aromatic heterocycles. The van der Waals surface area contributed by atoms with Gasteiger partial charge in [-0.1, -0.05) is 69.3 Å². The summed E-state index contributed by atoms with van der Waals surface area (Å²) in [6, 6.07) is 20.4. The van der Waals surface area contributed by atoms with Crippen molar-refractivity contribution in [1.82, 2.24) is 44.6 Å². The third kappa shape index (κ3) is 11.5. The Morgan fingerprint density at radius 2 is 1.65 bits per heavy atom. The smallest absolute Gasteiger partial charge is 0.301 e. The molecule has 7 heterocycles. The minimum absolute atomic E-state index is 0.00468. The van der Waals surface area contributed by atoms with Gasteiger partial charge in [0.2, 0.25) is 29.6 Å². The van der Waals surface area contributed by atoms with E-state index in [1.807, 2.05) is 69.0 Å². The largest absolute Gasteiger partial charge is 0.391 e. The number of pyridine rings is 1. The summed E-state index contributed by atoms with van der Waals surface area (Å²) in [7, 11) is -4.24. The number of anilines is 2. The first-order valence-electron chi connectivity index (χ1n) is 26.0. The summed E-state index contributed by atoms with van der Waals surface area (Å²) in [4.78, 5) is 75.2. The Bertz CT molecular complexity index is 3360. The zero-order chi connectivity index (χ0) is 55.2. The summed E-state index contributed by atoms with van der Waals surface area (Å²) < 4.78 is 74.9. The second-order valence-electron chi connectivity index (χ2n) is 21.6. The third-order valence-electron chi connectivity index (χ3n) is 15.1. The van der Waals surface area contributed by atoms with Gasteiger partial charge in [0.1, 0.15) is 23.9 Å². The number of piperazine rings is 1. The number of benzene rings is 3. The maximum Gasteiger partial charge on any atom is 0.301 e. The number of ketones is 1. The van der Waals surface area contributed by atoms with E-state index in [0.717, 1.165) is 31.7 Å². The molecule has 4 atom stereocenters. The van der Waals surface area contributed by atoms with Gasteiger partial charge in [-0.05, 0) is 65.8 Å². The van der Waals surface area contributed by atoms with Crippen LogP contribution in [0.5, 0.6) is 0 Å². The van der Waals surface area contributed by atoms with Crippen LogP contribution in [0.1, 0.15) is 60.8 Å². The van der Waals surface area contributed by atoms with Crippen molar-refractivity contribution >= 4 is 67.5 Å². The van der Waals surface area contributed by atoms with Crippen molar-refractivity contribution in [2.24, 2.45) is 5.41 Å². The number of nitrogens with one attached hydrogen (secondary N) is 4. The van der Waals surface area contributed by atoms with Crippen LogP contribution in [0.3, 0.4) is 0 Å². The summed E-state index contributed by atoms with van der Waals surface area (Å²) >= 11 is 1.56. The number of β-amino-alcohol motifs (C(OH)–C–C–N with tert-alkyl or cyclic N) is 1. The van der Waals surface area contributed by atoms with Gasteiger partial charge in [0.15, 0.2) is 5.78 Å². The molecule has 18 nitrogen and oxygen atoms in total. The van der Waals surface area contributed by atoms with E-state index in [1.165, 1.54) is 35.2 Å². The fourth-order valence-electron chi connectivity index (χ4n) is 10.8. The minimum Gasteiger partial charge on any atom is -0.391 e. The first-order valence-corrected chi connectivity index (χ1v) is 28.3. The molecule has 4 aliphatic rings. The van der Waals surface area contributed by atoms with Crippen molar-refractivity contribution in [1.29, 1.82) is 0 Å². The number of halogens is 3. The van der Waals surface area contributed by atoms with Crippen LogP contribution in [0.15, 0.2) is 84.4 Å². The lowest BCUT2D eigenvalue weighted by Crippen LogP contribution is -2.65. The lowest BCUT2D eigenvalue weighted by Gasteiger charge is -2.48. The zero-order valence-corrected chi connectivity index (χ0v) is 45.3. The number of thiazole rings is 1. The molecule has 412 valence electrons. The number of hydrogen-bond donors (Lipinski definition) is 5. The maximum absolute atomic E-state index is 15.8. The molecule has 0 bridgehead atoms. The average Bonchev–Trinajstić information content (AvgIpc) is 4.30. The molecule has 0 radical (unpaired) electrons. The number of alkyl halides is 1. The number of aliphatic hydroxyl groups is 1. The monoisotopic (exact) mass is 1110 g/mol. The van der Waals surface area contributed by atoms with Crippen LogP contribution in [0, 0.1) is 24.2 Å². The Hall–Kier alpha value is -6.76. The number of amides is 3. The lowest BCUT2D eigenvalue weighted by molar-refractivity contribution is -0.144. The number of para-hydroxylation sites is 1. The number of carbonyl (C=O) groups excluding carboxylic acids is 4. The van der Waals surface area contributed by atoms with Gasteiger partial charge in [0.25, 0.3) is 0 Å². The number of hydrogen-bond acceptors (Lipinski definition) is 13. The van der Waals surface area contributed by atoms with Crippen molar-refractivity contribution < 1.29 is 45.9 Å². The number of carbonyl (C=O) groups is 4. The van der Waals surface area contributed by atoms with Gasteiger partial charge in [0.05, 0.1) is 40.0 Å². The molecule has 5 N–H and O–H groups in total. The van der Waals surface area contributed by atoms with Crippen LogP contribution in [-0.4, -0.2) is 167 Å². The molecule has 10 rings (SSSR count). The molecule has 3 aromatic carbocycles. The Kier molecular flexibility index (Phi) is 15.5. The highest BCUT2D eigenvalue weighted by Gasteiger charge is 2.45. The van der Waals surface area contributed by atoms with E-state index in [-0.39, 0.29) is 91.3 Å². The Morgan fingerprint density at radius 3 is 2.35 bits per heavy atom. The number of aryl methyl sites for hydroxylation is 1. The maximum atomic E-state index is 15.8. The normalized spacial score (nSPS) is 20.2. The highest BCUT2D eigenvalue weighted by atomic mass is 32.2. The molecule has 0 aliphatic carbocycles. The minimum atomic E-state index is -4.24. The Balaban J connectivity index is 0.725. The van der Waals surface area contributed by atoms with Gasteiger partial charge in [-0.25, -0.2) is 14.4 Å². The number of likely N-dealkylation sites (tertiary alicyclic amines) is 2. The average molecular weight is 1110 g/mol. The van der Waals surface area contributed by atoms with Gasteiger partial charge in [-0.3, -0.25) is 33.7 Å². The number of aromatic nitrogens is 3. The van der Waals surface area contributed by atoms with Gasteiger partial charge < -0.3 is 30.5 Å². The Morgan fingerprint density at radius 1 is 0.910 bits per heavy atom. The number of nitrogens with zero attached hydrogens (tertiary/aromatic N) is 7. The fraction of sp³-hybridized carbons (Fsp3) is 0.418. The van der Waals surface area contributed by atoms with Crippen LogP contribution in [0.25, 0.3) is 32.6 Å². The molecule has 0 saturated carbocycles. The van der Waals surface area contributed by atoms with Crippen LogP contribution in [-0.2, 0) is 31.1 Å². The van der Waals surface area contributed by atoms with E-state index in [2.05, 4.69) is 40.1 Å². The third-order valence-corrected chi connectivity index (χ3v) is 17.6. The van der Waals surface area contributed by atoms with E-state index in [1.54, 1.807) is 29.0 Å². The number of aromatic amines is 1. The molecular formula is C55H62F3N11O7S2. The van der Waals surface area contributed by atoms with Gasteiger partial charge in [-0.2, -0.15) is 21.5 Å². The van der Waals surface area contributed by atoms with Gasteiger partial charge in [-0.15, -0.1) is 11.3 Å².